The summed E-state index contributed by atoms with van der Waals surface area (Å²) in [5, 5.41) is 2.92. The van der Waals surface area contributed by atoms with Crippen LogP contribution in [0.3, 0.4) is 0 Å². The lowest BCUT2D eigenvalue weighted by molar-refractivity contribution is -0.126. The van der Waals surface area contributed by atoms with Crippen molar-refractivity contribution in [3.8, 4) is 0 Å². The zero-order valence-electron chi connectivity index (χ0n) is 20.0. The molecule has 1 aliphatic carbocycles. The first-order chi connectivity index (χ1) is 15.3. The van der Waals surface area contributed by atoms with E-state index in [1.165, 1.54) is 0 Å². The minimum Gasteiger partial charge on any atom is -0.373 e. The van der Waals surface area contributed by atoms with Crippen LogP contribution in [-0.4, -0.2) is 32.7 Å². The summed E-state index contributed by atoms with van der Waals surface area (Å²) in [6, 6.07) is 6.10. The first-order valence-electron chi connectivity index (χ1n) is 10.9. The van der Waals surface area contributed by atoms with Crippen molar-refractivity contribution in [2.75, 3.05) is 18.1 Å². The standard InChI is InChI=1S/C24H32FN3O4S/c1-14-11-18(19(25)13-21(14)28-33(6,30)31)15(2)26-23(29)17-7-9-20-16(12-17)8-10-22(27-20)24(3,4)32-5/h8,10-11,13,15,17,28H,7,9,12H2,1-6H3,(H,26,29)/t15-,17+/m1/s1. The second kappa shape index (κ2) is 9.38. The van der Waals surface area contributed by atoms with E-state index in [0.717, 1.165) is 29.3 Å². The summed E-state index contributed by atoms with van der Waals surface area (Å²) in [5.41, 5.74) is 3.49. The summed E-state index contributed by atoms with van der Waals surface area (Å²) in [4.78, 5) is 17.7. The third-order valence-corrected chi connectivity index (χ3v) is 6.82. The molecule has 1 aliphatic rings. The van der Waals surface area contributed by atoms with Crippen molar-refractivity contribution in [2.45, 2.75) is 58.6 Å². The molecule has 2 atom stereocenters. The maximum atomic E-state index is 14.7. The molecule has 3 rings (SSSR count). The number of sulfonamides is 1. The van der Waals surface area contributed by atoms with Crippen LogP contribution in [0.1, 0.15) is 61.3 Å². The van der Waals surface area contributed by atoms with Crippen molar-refractivity contribution in [1.82, 2.24) is 10.3 Å². The minimum absolute atomic E-state index is 0.134. The number of ether oxygens (including phenoxy) is 1. The molecule has 1 aromatic heterocycles. The number of aromatic nitrogens is 1. The molecule has 180 valence electrons. The molecule has 7 nitrogen and oxygen atoms in total. The molecule has 0 unspecified atom stereocenters. The summed E-state index contributed by atoms with van der Waals surface area (Å²) in [5.74, 6) is -0.936. The molecule has 2 N–H and O–H groups in total. The van der Waals surface area contributed by atoms with Gasteiger partial charge in [-0.15, -0.1) is 0 Å². The third-order valence-electron chi connectivity index (χ3n) is 6.23. The Morgan fingerprint density at radius 2 is 2.00 bits per heavy atom. The van der Waals surface area contributed by atoms with E-state index in [1.54, 1.807) is 27.0 Å². The molecule has 0 spiro atoms. The molecule has 0 radical (unpaired) electrons. The van der Waals surface area contributed by atoms with Gasteiger partial charge in [0.25, 0.3) is 0 Å². The van der Waals surface area contributed by atoms with E-state index in [1.807, 2.05) is 26.0 Å². The van der Waals surface area contributed by atoms with E-state index in [0.29, 0.717) is 30.4 Å². The average molecular weight is 478 g/mol. The highest BCUT2D eigenvalue weighted by atomic mass is 32.2. The van der Waals surface area contributed by atoms with Crippen molar-refractivity contribution in [2.24, 2.45) is 5.92 Å². The van der Waals surface area contributed by atoms with Crippen molar-refractivity contribution in [1.29, 1.82) is 0 Å². The number of pyridine rings is 1. The lowest BCUT2D eigenvalue weighted by Gasteiger charge is -2.28. The molecule has 0 saturated heterocycles. The second-order valence-electron chi connectivity index (χ2n) is 9.25. The van der Waals surface area contributed by atoms with E-state index in [4.69, 9.17) is 9.72 Å². The predicted octanol–water partition coefficient (Wildman–Crippen LogP) is 3.76. The first-order valence-corrected chi connectivity index (χ1v) is 12.8. The van der Waals surface area contributed by atoms with Crippen LogP contribution in [0.15, 0.2) is 24.3 Å². The van der Waals surface area contributed by atoms with Crippen LogP contribution in [0, 0.1) is 18.7 Å². The van der Waals surface area contributed by atoms with E-state index in [2.05, 4.69) is 10.0 Å². The van der Waals surface area contributed by atoms with Crippen LogP contribution in [0.2, 0.25) is 0 Å². The van der Waals surface area contributed by atoms with Gasteiger partial charge in [0.2, 0.25) is 15.9 Å². The number of hydrogen-bond donors (Lipinski definition) is 2. The van der Waals surface area contributed by atoms with E-state index in [-0.39, 0.29) is 17.5 Å². The molecule has 33 heavy (non-hydrogen) atoms. The van der Waals surface area contributed by atoms with Gasteiger partial charge in [0.15, 0.2) is 0 Å². The maximum absolute atomic E-state index is 14.7. The Morgan fingerprint density at radius 1 is 1.30 bits per heavy atom. The number of methoxy groups -OCH3 is 1. The highest BCUT2D eigenvalue weighted by molar-refractivity contribution is 7.92. The van der Waals surface area contributed by atoms with Crippen LogP contribution in [0.4, 0.5) is 10.1 Å². The van der Waals surface area contributed by atoms with Crippen LogP contribution in [-0.2, 0) is 38.0 Å². The summed E-state index contributed by atoms with van der Waals surface area (Å²) in [6.07, 6.45) is 2.94. The fourth-order valence-corrected chi connectivity index (χ4v) is 4.65. The highest BCUT2D eigenvalue weighted by Gasteiger charge is 2.29. The molecule has 1 heterocycles. The van der Waals surface area contributed by atoms with E-state index >= 15 is 0 Å². The summed E-state index contributed by atoms with van der Waals surface area (Å²) in [7, 11) is -1.86. The molecule has 9 heteroatoms. The molecule has 1 amide bonds. The fraction of sp³-hybridized carbons (Fsp3) is 0.500. The quantitative estimate of drug-likeness (QED) is 0.633. The van der Waals surface area contributed by atoms with Gasteiger partial charge in [0.05, 0.1) is 23.7 Å². The number of carbonyl (C=O) groups excluding carboxylic acids is 1. The first kappa shape index (κ1) is 25.1. The zero-order chi connectivity index (χ0) is 24.6. The topological polar surface area (TPSA) is 97.4 Å². The van der Waals surface area contributed by atoms with Crippen LogP contribution >= 0.6 is 0 Å². The number of carbonyl (C=O) groups is 1. The largest absolute Gasteiger partial charge is 0.373 e. The van der Waals surface area contributed by atoms with E-state index < -0.39 is 27.5 Å². The fourth-order valence-electron chi connectivity index (χ4n) is 4.03. The van der Waals surface area contributed by atoms with Gasteiger partial charge in [-0.05, 0) is 76.3 Å². The Balaban J connectivity index is 1.70. The van der Waals surface area contributed by atoms with Crippen LogP contribution in [0.25, 0.3) is 0 Å². The Bertz CT molecular complexity index is 1160. The number of hydrogen-bond acceptors (Lipinski definition) is 5. The molecule has 0 bridgehead atoms. The van der Waals surface area contributed by atoms with Gasteiger partial charge in [-0.25, -0.2) is 12.8 Å². The number of nitrogens with zero attached hydrogens (tertiary/aromatic N) is 1. The minimum atomic E-state index is -3.52. The summed E-state index contributed by atoms with van der Waals surface area (Å²) >= 11 is 0. The van der Waals surface area contributed by atoms with Gasteiger partial charge in [-0.3, -0.25) is 14.5 Å². The second-order valence-corrected chi connectivity index (χ2v) is 11.0. The lowest BCUT2D eigenvalue weighted by atomic mass is 9.85. The summed E-state index contributed by atoms with van der Waals surface area (Å²) < 4.78 is 45.5. The molecular formula is C24H32FN3O4S. The summed E-state index contributed by atoms with van der Waals surface area (Å²) in [6.45, 7) is 7.34. The molecule has 1 aromatic carbocycles. The Hall–Kier alpha value is -2.52. The number of fused-ring (bicyclic) bond motifs is 1. The van der Waals surface area contributed by atoms with Crippen molar-refractivity contribution in [3.63, 3.8) is 0 Å². The van der Waals surface area contributed by atoms with Gasteiger partial charge in [-0.2, -0.15) is 0 Å². The maximum Gasteiger partial charge on any atom is 0.229 e. The van der Waals surface area contributed by atoms with Gasteiger partial charge < -0.3 is 10.1 Å². The highest BCUT2D eigenvalue weighted by Crippen LogP contribution is 2.30. The van der Waals surface area contributed by atoms with Gasteiger partial charge in [-0.1, -0.05) is 6.07 Å². The SMILES string of the molecule is COC(C)(C)c1ccc2c(n1)CC[C@H](C(=O)N[C@H](C)c1cc(C)c(NS(C)(=O)=O)cc1F)C2. The third kappa shape index (κ3) is 5.89. The number of halogens is 1. The molecule has 0 fully saturated rings. The number of benzene rings is 1. The smallest absolute Gasteiger partial charge is 0.229 e. The molecular weight excluding hydrogens is 445 g/mol. The number of rotatable bonds is 7. The normalized spacial score (nSPS) is 17.2. The Labute approximate surface area is 195 Å². The van der Waals surface area contributed by atoms with Crippen molar-refractivity contribution < 1.29 is 22.3 Å². The van der Waals surface area contributed by atoms with Gasteiger partial charge >= 0.3 is 0 Å². The average Bonchev–Trinajstić information content (AvgIpc) is 2.74. The molecule has 2 aromatic rings. The van der Waals surface area contributed by atoms with Crippen molar-refractivity contribution in [3.05, 3.63) is 58.2 Å². The Morgan fingerprint density at radius 3 is 2.64 bits per heavy atom. The number of amides is 1. The number of anilines is 1. The number of aryl methyl sites for hydroxylation is 2. The monoisotopic (exact) mass is 477 g/mol. The number of nitrogens with one attached hydrogen (secondary N) is 2. The lowest BCUT2D eigenvalue weighted by Crippen LogP contribution is -2.36. The van der Waals surface area contributed by atoms with Crippen LogP contribution < -0.4 is 10.0 Å². The predicted molar refractivity (Wildman–Crippen MR) is 126 cm³/mol. The Kier molecular flexibility index (Phi) is 7.14. The molecule has 0 aliphatic heterocycles. The zero-order valence-corrected chi connectivity index (χ0v) is 20.8. The molecule has 0 saturated carbocycles. The van der Waals surface area contributed by atoms with Crippen LogP contribution in [0.5, 0.6) is 0 Å². The van der Waals surface area contributed by atoms with Crippen molar-refractivity contribution >= 4 is 21.6 Å². The van der Waals surface area contributed by atoms with E-state index in [9.17, 15) is 17.6 Å². The van der Waals surface area contributed by atoms with Gasteiger partial charge in [0.1, 0.15) is 11.4 Å². The van der Waals surface area contributed by atoms with Gasteiger partial charge in [0, 0.05) is 24.3 Å².